The van der Waals surface area contributed by atoms with E-state index in [9.17, 15) is 9.59 Å². The normalized spacial score (nSPS) is 13.0. The molecule has 0 bridgehead atoms. The van der Waals surface area contributed by atoms with Gasteiger partial charge in [-0.1, -0.05) is 22.0 Å². The molecule has 0 saturated heterocycles. The fourth-order valence-corrected chi connectivity index (χ4v) is 4.46. The summed E-state index contributed by atoms with van der Waals surface area (Å²) < 4.78 is 6.21. The van der Waals surface area contributed by atoms with Crippen LogP contribution >= 0.6 is 27.3 Å². The van der Waals surface area contributed by atoms with Gasteiger partial charge in [0.2, 0.25) is 0 Å². The zero-order valence-electron chi connectivity index (χ0n) is 13.5. The number of rotatable bonds is 4. The first-order chi connectivity index (χ1) is 11.5. The van der Waals surface area contributed by atoms with E-state index in [2.05, 4.69) is 21.2 Å². The second-order valence-electron chi connectivity index (χ2n) is 5.98. The van der Waals surface area contributed by atoms with Crippen molar-refractivity contribution >= 4 is 44.1 Å². The fourth-order valence-electron chi connectivity index (χ4n) is 2.79. The lowest BCUT2D eigenvalue weighted by Gasteiger charge is -2.11. The largest absolute Gasteiger partial charge is 0.459 e. The molecule has 0 aliphatic heterocycles. The van der Waals surface area contributed by atoms with Crippen LogP contribution in [0.3, 0.4) is 0 Å². The van der Waals surface area contributed by atoms with E-state index >= 15 is 0 Å². The van der Waals surface area contributed by atoms with Crippen LogP contribution in [0.5, 0.6) is 0 Å². The number of aryl methyl sites for hydroxylation is 1. The van der Waals surface area contributed by atoms with E-state index in [1.54, 1.807) is 18.2 Å². The predicted octanol–water partition coefficient (Wildman–Crippen LogP) is 4.82. The molecule has 2 aromatic rings. The first kappa shape index (κ1) is 17.2. The van der Waals surface area contributed by atoms with Crippen molar-refractivity contribution in [3.8, 4) is 0 Å². The topological polar surface area (TPSA) is 55.4 Å². The molecular weight excluding hydrogens is 390 g/mol. The lowest BCUT2D eigenvalue weighted by Crippen LogP contribution is -2.17. The molecule has 0 saturated carbocycles. The van der Waals surface area contributed by atoms with Gasteiger partial charge in [-0.05, 0) is 56.9 Å². The van der Waals surface area contributed by atoms with E-state index in [1.807, 2.05) is 19.9 Å². The number of hydrogen-bond acceptors (Lipinski definition) is 4. The predicted molar refractivity (Wildman–Crippen MR) is 99.0 cm³/mol. The fraction of sp³-hybridized carbons (Fsp3) is 0.333. The molecular formula is C18H18BrNO3S. The maximum absolute atomic E-state index is 12.5. The van der Waals surface area contributed by atoms with Gasteiger partial charge < -0.3 is 10.1 Å². The Morgan fingerprint density at radius 2 is 2.08 bits per heavy atom. The Labute approximate surface area is 153 Å². The van der Waals surface area contributed by atoms with Crippen molar-refractivity contribution in [1.82, 2.24) is 0 Å². The monoisotopic (exact) mass is 407 g/mol. The van der Waals surface area contributed by atoms with Gasteiger partial charge in [0.1, 0.15) is 5.00 Å². The number of thiophene rings is 1. The lowest BCUT2D eigenvalue weighted by molar-refractivity contribution is 0.0378. The number of fused-ring (bicyclic) bond motifs is 1. The highest BCUT2D eigenvalue weighted by molar-refractivity contribution is 9.10. The summed E-state index contributed by atoms with van der Waals surface area (Å²) >= 11 is 4.85. The van der Waals surface area contributed by atoms with Gasteiger partial charge in [0.15, 0.2) is 0 Å². The summed E-state index contributed by atoms with van der Waals surface area (Å²) in [5.74, 6) is -0.580. The average Bonchev–Trinajstić information content (AvgIpc) is 3.06. The molecule has 1 aromatic heterocycles. The Hall–Kier alpha value is -1.66. The van der Waals surface area contributed by atoms with E-state index in [-0.39, 0.29) is 18.0 Å². The number of amides is 1. The number of anilines is 1. The number of nitrogens with one attached hydrogen (secondary N) is 1. The van der Waals surface area contributed by atoms with Gasteiger partial charge in [-0.2, -0.15) is 0 Å². The zero-order valence-corrected chi connectivity index (χ0v) is 15.9. The molecule has 0 fully saturated rings. The summed E-state index contributed by atoms with van der Waals surface area (Å²) in [5.41, 5.74) is 2.11. The number of esters is 1. The molecule has 0 atom stereocenters. The number of carbonyl (C=O) groups is 2. The number of hydrogen-bond donors (Lipinski definition) is 1. The summed E-state index contributed by atoms with van der Waals surface area (Å²) in [6.07, 6.45) is 2.67. The molecule has 1 aliphatic carbocycles. The van der Waals surface area contributed by atoms with Crippen molar-refractivity contribution in [3.05, 3.63) is 50.3 Å². The first-order valence-corrected chi connectivity index (χ1v) is 9.49. The highest BCUT2D eigenvalue weighted by atomic mass is 79.9. The molecule has 1 N–H and O–H groups in total. The first-order valence-electron chi connectivity index (χ1n) is 7.88. The van der Waals surface area contributed by atoms with Crippen LogP contribution in [0.1, 0.15) is 51.4 Å². The van der Waals surface area contributed by atoms with E-state index in [1.165, 1.54) is 16.2 Å². The zero-order chi connectivity index (χ0) is 17.3. The van der Waals surface area contributed by atoms with Crippen LogP contribution in [0.25, 0.3) is 0 Å². The summed E-state index contributed by atoms with van der Waals surface area (Å²) in [4.78, 5) is 26.2. The smallest absolute Gasteiger partial charge is 0.341 e. The van der Waals surface area contributed by atoms with Crippen LogP contribution in [0, 0.1) is 0 Å². The third-order valence-corrected chi connectivity index (χ3v) is 5.48. The van der Waals surface area contributed by atoms with Crippen LogP contribution in [0.2, 0.25) is 0 Å². The molecule has 3 rings (SSSR count). The van der Waals surface area contributed by atoms with Crippen molar-refractivity contribution in [3.63, 3.8) is 0 Å². The Morgan fingerprint density at radius 1 is 1.29 bits per heavy atom. The van der Waals surface area contributed by atoms with E-state index in [0.717, 1.165) is 29.3 Å². The Morgan fingerprint density at radius 3 is 2.79 bits per heavy atom. The SMILES string of the molecule is CC(C)OC(=O)c1c(NC(=O)c2cccc(Br)c2)sc2c1CCC2. The maximum atomic E-state index is 12.5. The Balaban J connectivity index is 1.90. The van der Waals surface area contributed by atoms with Crippen LogP contribution in [-0.2, 0) is 17.6 Å². The van der Waals surface area contributed by atoms with Crippen molar-refractivity contribution < 1.29 is 14.3 Å². The van der Waals surface area contributed by atoms with Crippen molar-refractivity contribution in [2.24, 2.45) is 0 Å². The molecule has 0 unspecified atom stereocenters. The van der Waals surface area contributed by atoms with Gasteiger partial charge in [0.25, 0.3) is 5.91 Å². The quantitative estimate of drug-likeness (QED) is 0.739. The van der Waals surface area contributed by atoms with E-state index < -0.39 is 0 Å². The molecule has 1 aliphatic rings. The average molecular weight is 408 g/mol. The minimum absolute atomic E-state index is 0.192. The molecule has 1 aromatic carbocycles. The van der Waals surface area contributed by atoms with Crippen LogP contribution in [-0.4, -0.2) is 18.0 Å². The van der Waals surface area contributed by atoms with Crippen LogP contribution < -0.4 is 5.32 Å². The molecule has 4 nitrogen and oxygen atoms in total. The summed E-state index contributed by atoms with van der Waals surface area (Å²) in [6.45, 7) is 3.65. The Kier molecular flexibility index (Phi) is 5.06. The molecule has 1 heterocycles. The third-order valence-electron chi connectivity index (χ3n) is 3.78. The van der Waals surface area contributed by atoms with Gasteiger partial charge in [0.05, 0.1) is 11.7 Å². The standard InChI is InChI=1S/C18H18BrNO3S/c1-10(2)23-18(22)15-13-7-4-8-14(13)24-17(15)20-16(21)11-5-3-6-12(19)9-11/h3,5-6,9-10H,4,7-8H2,1-2H3,(H,20,21). The molecule has 126 valence electrons. The van der Waals surface area contributed by atoms with Gasteiger partial charge >= 0.3 is 5.97 Å². The Bertz CT molecular complexity index is 798. The van der Waals surface area contributed by atoms with Crippen LogP contribution in [0.4, 0.5) is 5.00 Å². The second-order valence-corrected chi connectivity index (χ2v) is 8.00. The van der Waals surface area contributed by atoms with Crippen molar-refractivity contribution in [1.29, 1.82) is 0 Å². The summed E-state index contributed by atoms with van der Waals surface area (Å²) in [7, 11) is 0. The second kappa shape index (κ2) is 7.07. The van der Waals surface area contributed by atoms with Crippen LogP contribution in [0.15, 0.2) is 28.7 Å². The molecule has 0 radical (unpaired) electrons. The van der Waals surface area contributed by atoms with Crippen molar-refractivity contribution in [2.45, 2.75) is 39.2 Å². The molecule has 0 spiro atoms. The number of halogens is 1. The third kappa shape index (κ3) is 3.54. The lowest BCUT2D eigenvalue weighted by atomic mass is 10.1. The minimum atomic E-state index is -0.353. The van der Waals surface area contributed by atoms with Gasteiger partial charge in [-0.3, -0.25) is 4.79 Å². The highest BCUT2D eigenvalue weighted by Crippen LogP contribution is 2.39. The van der Waals surface area contributed by atoms with Crippen molar-refractivity contribution in [2.75, 3.05) is 5.32 Å². The summed E-state index contributed by atoms with van der Waals surface area (Å²) in [6, 6.07) is 7.17. The molecule has 1 amide bonds. The van der Waals surface area contributed by atoms with E-state index in [0.29, 0.717) is 16.1 Å². The highest BCUT2D eigenvalue weighted by Gasteiger charge is 2.29. The number of benzene rings is 1. The minimum Gasteiger partial charge on any atom is -0.459 e. The molecule has 24 heavy (non-hydrogen) atoms. The van der Waals surface area contributed by atoms with Gasteiger partial charge in [-0.25, -0.2) is 4.79 Å². The van der Waals surface area contributed by atoms with Gasteiger partial charge in [0, 0.05) is 14.9 Å². The van der Waals surface area contributed by atoms with Gasteiger partial charge in [-0.15, -0.1) is 11.3 Å². The van der Waals surface area contributed by atoms with E-state index in [4.69, 9.17) is 4.74 Å². The maximum Gasteiger partial charge on any atom is 0.341 e. The number of carbonyl (C=O) groups excluding carboxylic acids is 2. The summed E-state index contributed by atoms with van der Waals surface area (Å²) in [5, 5.41) is 3.49. The molecule has 6 heteroatoms. The number of ether oxygens (including phenoxy) is 1.